The monoisotopic (exact) mass is 561 g/mol. The Morgan fingerprint density at radius 1 is 1.19 bits per heavy atom. The first-order valence-electron chi connectivity index (χ1n) is 11.4. The Labute approximate surface area is 229 Å². The topological polar surface area (TPSA) is 118 Å². The van der Waals surface area contributed by atoms with Gasteiger partial charge in [0, 0.05) is 11.6 Å². The molecule has 0 unspecified atom stereocenters. The van der Waals surface area contributed by atoms with Gasteiger partial charge in [0.2, 0.25) is 11.8 Å². The Morgan fingerprint density at radius 3 is 2.46 bits per heavy atom. The Hall–Kier alpha value is -3.19. The zero-order valence-electron chi connectivity index (χ0n) is 20.4. The minimum Gasteiger partial charge on any atom is -0.491 e. The summed E-state index contributed by atoms with van der Waals surface area (Å²) >= 11 is 13.7. The number of ether oxygens (including phenoxy) is 2. The van der Waals surface area contributed by atoms with Crippen LogP contribution in [0.1, 0.15) is 30.9 Å². The quantitative estimate of drug-likeness (QED) is 0.324. The highest BCUT2D eigenvalue weighted by atomic mass is 35.5. The summed E-state index contributed by atoms with van der Waals surface area (Å²) in [6.45, 7) is 4.08. The minimum atomic E-state index is -1.36. The molecule has 11 heteroatoms. The lowest BCUT2D eigenvalue weighted by Crippen LogP contribution is -2.44. The molecule has 0 aromatic heterocycles. The molecule has 2 N–H and O–H groups in total. The largest absolute Gasteiger partial charge is 0.491 e. The molecule has 1 aliphatic heterocycles. The van der Waals surface area contributed by atoms with Gasteiger partial charge in [-0.15, -0.1) is 0 Å². The third-order valence-electron chi connectivity index (χ3n) is 5.67. The molecule has 3 rings (SSSR count). The van der Waals surface area contributed by atoms with Crippen LogP contribution in [-0.2, 0) is 25.5 Å². The molecule has 0 bridgehead atoms. The molecule has 0 spiro atoms. The number of amides is 2. The van der Waals surface area contributed by atoms with E-state index in [9.17, 15) is 19.6 Å². The molecule has 2 aromatic rings. The Bertz CT molecular complexity index is 1270. The van der Waals surface area contributed by atoms with Gasteiger partial charge in [-0.1, -0.05) is 60.1 Å². The molecule has 0 aliphatic carbocycles. The van der Waals surface area contributed by atoms with Crippen molar-refractivity contribution in [3.8, 4) is 11.8 Å². The van der Waals surface area contributed by atoms with Crippen LogP contribution in [0, 0.1) is 17.2 Å². The fourth-order valence-electron chi connectivity index (χ4n) is 4.00. The summed E-state index contributed by atoms with van der Waals surface area (Å²) in [5.41, 5.74) is 2.12. The van der Waals surface area contributed by atoms with E-state index in [1.54, 1.807) is 13.0 Å². The van der Waals surface area contributed by atoms with E-state index in [-0.39, 0.29) is 38.1 Å². The number of rotatable bonds is 9. The second kappa shape index (κ2) is 12.9. The summed E-state index contributed by atoms with van der Waals surface area (Å²) in [7, 11) is 1.16. The van der Waals surface area contributed by atoms with Crippen molar-refractivity contribution in [1.82, 2.24) is 5.32 Å². The van der Waals surface area contributed by atoms with Gasteiger partial charge in [-0.25, -0.2) is 0 Å². The zero-order valence-corrected chi connectivity index (χ0v) is 22.7. The summed E-state index contributed by atoms with van der Waals surface area (Å²) in [4.78, 5) is 38.4. The van der Waals surface area contributed by atoms with Crippen LogP contribution in [0.3, 0.4) is 0 Å². The van der Waals surface area contributed by atoms with Crippen LogP contribution in [0.2, 0.25) is 10.0 Å². The highest BCUT2D eigenvalue weighted by molar-refractivity contribution is 8.03. The number of thioether (sulfide) groups is 1. The number of para-hydroxylation sites is 1. The van der Waals surface area contributed by atoms with Crippen molar-refractivity contribution >= 4 is 58.4 Å². The highest BCUT2D eigenvalue weighted by Gasteiger charge is 2.44. The molecule has 8 nitrogen and oxygen atoms in total. The average Bonchev–Trinajstić information content (AvgIpc) is 2.88. The third kappa shape index (κ3) is 6.39. The van der Waals surface area contributed by atoms with Gasteiger partial charge in [-0.2, -0.15) is 5.26 Å². The lowest BCUT2D eigenvalue weighted by Gasteiger charge is -2.31. The van der Waals surface area contributed by atoms with Gasteiger partial charge < -0.3 is 20.1 Å². The molecule has 2 amide bonds. The fourth-order valence-corrected chi connectivity index (χ4v) is 5.46. The van der Waals surface area contributed by atoms with Crippen molar-refractivity contribution < 1.29 is 23.9 Å². The molecule has 0 saturated heterocycles. The Balaban J connectivity index is 1.97. The molecule has 37 heavy (non-hydrogen) atoms. The number of carbonyl (C=O) groups excluding carboxylic acids is 3. The summed E-state index contributed by atoms with van der Waals surface area (Å²) in [6, 6.07) is 12.5. The number of methoxy groups -OCH3 is 1. The molecule has 194 valence electrons. The van der Waals surface area contributed by atoms with E-state index in [0.29, 0.717) is 17.9 Å². The van der Waals surface area contributed by atoms with Gasteiger partial charge in [-0.05, 0) is 42.7 Å². The molecule has 0 saturated carbocycles. The number of allylic oxidation sites excluding steroid dienone is 1. The van der Waals surface area contributed by atoms with Crippen LogP contribution in [-0.4, -0.2) is 37.3 Å². The number of aryl methyl sites for hydroxylation is 1. The maximum absolute atomic E-state index is 13.0. The van der Waals surface area contributed by atoms with Gasteiger partial charge in [-0.3, -0.25) is 14.4 Å². The van der Waals surface area contributed by atoms with Crippen molar-refractivity contribution in [3.63, 3.8) is 0 Å². The van der Waals surface area contributed by atoms with E-state index in [4.69, 9.17) is 32.7 Å². The van der Waals surface area contributed by atoms with Crippen LogP contribution in [0.4, 0.5) is 5.69 Å². The second-order valence-corrected chi connectivity index (χ2v) is 9.72. The molecular formula is C26H25Cl2N3O5S. The van der Waals surface area contributed by atoms with E-state index in [2.05, 4.69) is 16.7 Å². The molecule has 1 heterocycles. The summed E-state index contributed by atoms with van der Waals surface area (Å²) < 4.78 is 10.3. The Kier molecular flexibility index (Phi) is 9.86. The standard InChI is InChI=1S/C26H25Cl2N3O5S/c1-4-14-8-6-7-9-19(14)30-20(32)13-37-25-16(12-29)21(22(24(33)31-25)26(34)35-3)15-10-17(27)23(36-5-2)18(28)11-15/h6-11,21-22H,4-5,13H2,1-3H3,(H,30,32)(H,31,33)/t21-,22-/m0/s1. The van der Waals surface area contributed by atoms with Crippen molar-refractivity contribution in [2.24, 2.45) is 5.92 Å². The summed E-state index contributed by atoms with van der Waals surface area (Å²) in [5.74, 6) is -4.04. The fraction of sp³-hybridized carbons (Fsp3) is 0.308. The first-order valence-corrected chi connectivity index (χ1v) is 13.1. The predicted octanol–water partition coefficient (Wildman–Crippen LogP) is 5.06. The molecule has 2 aromatic carbocycles. The normalized spacial score (nSPS) is 17.0. The van der Waals surface area contributed by atoms with E-state index in [0.717, 1.165) is 30.9 Å². The van der Waals surface area contributed by atoms with Crippen molar-refractivity contribution in [1.29, 1.82) is 5.26 Å². The number of halogens is 2. The molecular weight excluding hydrogens is 537 g/mol. The van der Waals surface area contributed by atoms with Crippen molar-refractivity contribution in [3.05, 3.63) is 68.2 Å². The van der Waals surface area contributed by atoms with Gasteiger partial charge >= 0.3 is 5.97 Å². The predicted molar refractivity (Wildman–Crippen MR) is 144 cm³/mol. The maximum atomic E-state index is 13.0. The first kappa shape index (κ1) is 28.4. The van der Waals surface area contributed by atoms with Gasteiger partial charge in [0.05, 0.1) is 46.2 Å². The summed E-state index contributed by atoms with van der Waals surface area (Å²) in [5, 5.41) is 16.0. The smallest absolute Gasteiger partial charge is 0.319 e. The highest BCUT2D eigenvalue weighted by Crippen LogP contribution is 2.44. The van der Waals surface area contributed by atoms with Gasteiger partial charge in [0.1, 0.15) is 5.92 Å². The SMILES string of the molecule is CCOc1c(Cl)cc([C@H]2C(C#N)=C(SCC(=O)Nc3ccccc3CC)NC(=O)[C@H]2C(=O)OC)cc1Cl. The number of nitrogens with one attached hydrogen (secondary N) is 2. The maximum Gasteiger partial charge on any atom is 0.319 e. The zero-order chi connectivity index (χ0) is 27.1. The lowest BCUT2D eigenvalue weighted by molar-refractivity contribution is -0.150. The van der Waals surface area contributed by atoms with Gasteiger partial charge in [0.25, 0.3) is 0 Å². The second-order valence-electron chi connectivity index (χ2n) is 7.92. The minimum absolute atomic E-state index is 0.0815. The number of nitrogens with zero attached hydrogens (tertiary/aromatic N) is 1. The Morgan fingerprint density at radius 2 is 1.86 bits per heavy atom. The van der Waals surface area contributed by atoms with E-state index in [1.807, 2.05) is 25.1 Å². The number of carbonyl (C=O) groups is 3. The molecule has 0 fully saturated rings. The van der Waals surface area contributed by atoms with Crippen LogP contribution in [0.5, 0.6) is 5.75 Å². The number of hydrogen-bond acceptors (Lipinski definition) is 7. The van der Waals surface area contributed by atoms with E-state index < -0.39 is 23.7 Å². The summed E-state index contributed by atoms with van der Waals surface area (Å²) in [6.07, 6.45) is 0.743. The number of hydrogen-bond donors (Lipinski definition) is 2. The molecule has 2 atom stereocenters. The van der Waals surface area contributed by atoms with Crippen LogP contribution in [0.15, 0.2) is 47.0 Å². The lowest BCUT2D eigenvalue weighted by atomic mass is 9.78. The number of nitriles is 1. The molecule has 1 aliphatic rings. The average molecular weight is 562 g/mol. The van der Waals surface area contributed by atoms with Crippen molar-refractivity contribution in [2.75, 3.05) is 24.8 Å². The number of esters is 1. The van der Waals surface area contributed by atoms with Crippen LogP contribution < -0.4 is 15.4 Å². The molecule has 0 radical (unpaired) electrons. The third-order valence-corrected chi connectivity index (χ3v) is 7.25. The van der Waals surface area contributed by atoms with Gasteiger partial charge in [0.15, 0.2) is 5.75 Å². The van der Waals surface area contributed by atoms with Crippen LogP contribution >= 0.6 is 35.0 Å². The van der Waals surface area contributed by atoms with E-state index in [1.165, 1.54) is 12.1 Å². The number of anilines is 1. The van der Waals surface area contributed by atoms with Crippen molar-refractivity contribution in [2.45, 2.75) is 26.2 Å². The first-order chi connectivity index (χ1) is 17.7. The van der Waals surface area contributed by atoms with Crippen LogP contribution in [0.25, 0.3) is 0 Å². The number of benzene rings is 2. The van der Waals surface area contributed by atoms with E-state index >= 15 is 0 Å².